The Morgan fingerprint density at radius 2 is 2.20 bits per heavy atom. The number of hydrogen-bond donors (Lipinski definition) is 2. The molecule has 0 saturated carbocycles. The molecule has 3 aliphatic heterocycles. The molecule has 106 valence electrons. The molecule has 3 fully saturated rings. The number of allylic oxidation sites excluding steroid dienone is 2. The minimum Gasteiger partial charge on any atom is -0.392 e. The highest BCUT2D eigenvalue weighted by atomic mass is 32.2. The van der Waals surface area contributed by atoms with Crippen LogP contribution in [0.5, 0.6) is 0 Å². The maximum atomic E-state index is 12.7. The molecule has 20 heavy (non-hydrogen) atoms. The van der Waals surface area contributed by atoms with Crippen molar-refractivity contribution in [3.05, 3.63) is 23.8 Å². The minimum atomic E-state index is -1.22. The Hall–Kier alpha value is -1.31. The summed E-state index contributed by atoms with van der Waals surface area (Å²) in [5.74, 6) is -0.450. The predicted octanol–water partition coefficient (Wildman–Crippen LogP) is -0.952. The fourth-order valence-corrected chi connectivity index (χ4v) is 5.52. The molecule has 7 heteroatoms. The summed E-state index contributed by atoms with van der Waals surface area (Å²) in [4.78, 5) is 26.0. The molecule has 0 aromatic rings. The van der Waals surface area contributed by atoms with E-state index >= 15 is 0 Å². The van der Waals surface area contributed by atoms with Gasteiger partial charge in [0, 0.05) is 13.5 Å². The molecule has 3 saturated heterocycles. The number of carbonyl (C=O) groups excluding carboxylic acids is 2. The van der Waals surface area contributed by atoms with Gasteiger partial charge < -0.3 is 20.0 Å². The van der Waals surface area contributed by atoms with Gasteiger partial charge in [0.05, 0.1) is 18.8 Å². The molecular weight excluding hydrogens is 280 g/mol. The van der Waals surface area contributed by atoms with Gasteiger partial charge in [0.15, 0.2) is 9.74 Å². The second kappa shape index (κ2) is 3.47. The van der Waals surface area contributed by atoms with Gasteiger partial charge >= 0.3 is 0 Å². The van der Waals surface area contributed by atoms with Crippen LogP contribution in [0.3, 0.4) is 0 Å². The number of amides is 2. The number of aliphatic hydroxyl groups is 2. The Morgan fingerprint density at radius 3 is 2.90 bits per heavy atom. The van der Waals surface area contributed by atoms with E-state index in [-0.39, 0.29) is 11.8 Å². The highest BCUT2D eigenvalue weighted by Crippen LogP contribution is 2.64. The van der Waals surface area contributed by atoms with Crippen molar-refractivity contribution in [3.63, 3.8) is 0 Å². The van der Waals surface area contributed by atoms with Crippen molar-refractivity contribution in [2.75, 3.05) is 13.7 Å². The molecule has 2 bridgehead atoms. The van der Waals surface area contributed by atoms with Gasteiger partial charge in [-0.3, -0.25) is 9.59 Å². The van der Waals surface area contributed by atoms with Gasteiger partial charge in [0.1, 0.15) is 0 Å². The normalized spacial score (nSPS) is 45.0. The number of hydrogen-bond acceptors (Lipinski definition) is 5. The molecular formula is C13H14N2O4S. The number of fused-ring (bicyclic) bond motifs is 3. The van der Waals surface area contributed by atoms with E-state index in [1.54, 1.807) is 19.2 Å². The monoisotopic (exact) mass is 294 g/mol. The first-order valence-corrected chi connectivity index (χ1v) is 7.28. The third kappa shape index (κ3) is 1.05. The van der Waals surface area contributed by atoms with Gasteiger partial charge in [-0.25, -0.2) is 0 Å². The Bertz CT molecular complexity index is 603. The van der Waals surface area contributed by atoms with E-state index < -0.39 is 28.5 Å². The van der Waals surface area contributed by atoms with Gasteiger partial charge in [-0.05, 0) is 5.57 Å². The lowest BCUT2D eigenvalue weighted by Gasteiger charge is -2.40. The van der Waals surface area contributed by atoms with Crippen molar-refractivity contribution in [1.29, 1.82) is 0 Å². The molecule has 2 amide bonds. The summed E-state index contributed by atoms with van der Waals surface area (Å²) >= 11 is 1.21. The van der Waals surface area contributed by atoms with E-state index in [2.05, 4.69) is 0 Å². The molecule has 6 nitrogen and oxygen atoms in total. The first kappa shape index (κ1) is 12.4. The maximum Gasteiger partial charge on any atom is 0.263 e. The van der Waals surface area contributed by atoms with Crippen molar-refractivity contribution in [3.8, 4) is 0 Å². The summed E-state index contributed by atoms with van der Waals surface area (Å²) in [7, 11) is 1.56. The van der Waals surface area contributed by atoms with Crippen LogP contribution in [0.25, 0.3) is 0 Å². The molecule has 1 aliphatic carbocycles. The quantitative estimate of drug-likeness (QED) is 0.651. The van der Waals surface area contributed by atoms with Crippen molar-refractivity contribution in [1.82, 2.24) is 9.80 Å². The number of thioether (sulfide) groups is 1. The van der Waals surface area contributed by atoms with E-state index in [1.807, 2.05) is 6.08 Å². The van der Waals surface area contributed by atoms with Crippen molar-refractivity contribution >= 4 is 23.6 Å². The summed E-state index contributed by atoms with van der Waals surface area (Å²) in [5.41, 5.74) is 0.899. The molecule has 0 unspecified atom stereocenters. The van der Waals surface area contributed by atoms with Gasteiger partial charge in [-0.15, -0.1) is 0 Å². The van der Waals surface area contributed by atoms with Crippen LogP contribution in [0.15, 0.2) is 23.8 Å². The Morgan fingerprint density at radius 1 is 1.45 bits per heavy atom. The average Bonchev–Trinajstić information content (AvgIpc) is 2.96. The number of likely N-dealkylation sites (N-methyl/N-ethyl adjacent to an activating group) is 1. The van der Waals surface area contributed by atoms with Gasteiger partial charge in [-0.1, -0.05) is 30.0 Å². The van der Waals surface area contributed by atoms with Crippen LogP contribution in [0, 0.1) is 0 Å². The van der Waals surface area contributed by atoms with Crippen LogP contribution < -0.4 is 0 Å². The number of piperazine rings is 1. The fourth-order valence-electron chi connectivity index (χ4n) is 3.74. The summed E-state index contributed by atoms with van der Waals surface area (Å²) in [6.07, 6.45) is 4.86. The van der Waals surface area contributed by atoms with Gasteiger partial charge in [-0.2, -0.15) is 0 Å². The average molecular weight is 294 g/mol. The highest BCUT2D eigenvalue weighted by molar-refractivity contribution is 8.04. The lowest BCUT2D eigenvalue weighted by Crippen LogP contribution is -2.65. The zero-order valence-electron chi connectivity index (χ0n) is 10.8. The summed E-state index contributed by atoms with van der Waals surface area (Å²) in [6, 6.07) is -0.480. The van der Waals surface area contributed by atoms with E-state index in [9.17, 15) is 19.8 Å². The Balaban J connectivity index is 1.89. The number of rotatable bonds is 1. The van der Waals surface area contributed by atoms with Crippen LogP contribution >= 0.6 is 11.8 Å². The van der Waals surface area contributed by atoms with E-state index in [0.29, 0.717) is 6.42 Å². The van der Waals surface area contributed by atoms with Crippen LogP contribution in [0.4, 0.5) is 0 Å². The van der Waals surface area contributed by atoms with Crippen molar-refractivity contribution in [2.24, 2.45) is 0 Å². The topological polar surface area (TPSA) is 81.1 Å². The predicted molar refractivity (Wildman–Crippen MR) is 71.4 cm³/mol. The lowest BCUT2D eigenvalue weighted by molar-refractivity contribution is -0.162. The summed E-state index contributed by atoms with van der Waals surface area (Å²) in [6.45, 7) is -0.408. The van der Waals surface area contributed by atoms with Crippen LogP contribution in [0.1, 0.15) is 6.42 Å². The maximum absolute atomic E-state index is 12.7. The zero-order chi connectivity index (χ0) is 14.3. The van der Waals surface area contributed by atoms with Crippen molar-refractivity contribution in [2.45, 2.75) is 28.3 Å². The van der Waals surface area contributed by atoms with E-state index in [0.717, 1.165) is 5.57 Å². The zero-order valence-corrected chi connectivity index (χ0v) is 11.6. The van der Waals surface area contributed by atoms with Gasteiger partial charge in [0.2, 0.25) is 0 Å². The molecule has 4 rings (SSSR count). The summed E-state index contributed by atoms with van der Waals surface area (Å²) in [5, 5.41) is 19.8. The molecule has 4 aliphatic rings. The molecule has 4 atom stereocenters. The number of aliphatic hydroxyl groups excluding tert-OH is 2. The summed E-state index contributed by atoms with van der Waals surface area (Å²) < 4.78 is 0. The van der Waals surface area contributed by atoms with E-state index in [1.165, 1.54) is 21.6 Å². The smallest absolute Gasteiger partial charge is 0.263 e. The third-order valence-corrected chi connectivity index (χ3v) is 6.49. The minimum absolute atomic E-state index is 0.168. The van der Waals surface area contributed by atoms with Crippen LogP contribution in [-0.4, -0.2) is 67.4 Å². The SMILES string of the molecule is CN1C(=O)[C@]23CC4=CC=C[C@H](O)[C@H]4N2C(=O)[C@@]1(CO)S3. The first-order chi connectivity index (χ1) is 9.48. The Labute approximate surface area is 119 Å². The largest absolute Gasteiger partial charge is 0.392 e. The molecule has 0 aromatic carbocycles. The number of carbonyl (C=O) groups is 2. The second-order valence-electron chi connectivity index (χ2n) is 5.61. The molecule has 1 spiro atoms. The molecule has 2 N–H and O–H groups in total. The van der Waals surface area contributed by atoms with E-state index in [4.69, 9.17) is 0 Å². The second-order valence-corrected chi connectivity index (χ2v) is 7.16. The van der Waals surface area contributed by atoms with Gasteiger partial charge in [0.25, 0.3) is 11.8 Å². The van der Waals surface area contributed by atoms with Crippen LogP contribution in [0.2, 0.25) is 0 Å². The highest BCUT2D eigenvalue weighted by Gasteiger charge is 2.77. The molecule has 0 radical (unpaired) electrons. The van der Waals surface area contributed by atoms with Crippen molar-refractivity contribution < 1.29 is 19.8 Å². The first-order valence-electron chi connectivity index (χ1n) is 6.46. The standard InChI is InChI=1S/C13H14N2O4S/c1-14-10(18)12-5-7-3-2-4-8(17)9(7)15(12)11(19)13(14,6-16)20-12/h2-4,8-9,16-17H,5-6H2,1H3/t8-,9-,12+,13+/m0/s1. The lowest BCUT2D eigenvalue weighted by atomic mass is 9.97. The fraction of sp³-hybridized carbons (Fsp3) is 0.538. The third-order valence-electron chi connectivity index (χ3n) is 4.72. The number of nitrogens with zero attached hydrogens (tertiary/aromatic N) is 2. The Kier molecular flexibility index (Phi) is 2.16. The molecule has 3 heterocycles. The molecule has 0 aromatic heterocycles. The van der Waals surface area contributed by atoms with Crippen LogP contribution in [-0.2, 0) is 9.59 Å².